The molecule has 22 heavy (non-hydrogen) atoms. The zero-order chi connectivity index (χ0) is 15.5. The van der Waals surface area contributed by atoms with Gasteiger partial charge in [-0.2, -0.15) is 0 Å². The van der Waals surface area contributed by atoms with Crippen molar-refractivity contribution < 1.29 is 9.59 Å². The molecule has 0 spiro atoms. The molecule has 2 aromatic rings. The van der Waals surface area contributed by atoms with Gasteiger partial charge in [-0.15, -0.1) is 0 Å². The number of carbonyl (C=O) groups is 2. The van der Waals surface area contributed by atoms with Gasteiger partial charge in [-0.1, -0.05) is 17.7 Å². The van der Waals surface area contributed by atoms with Crippen LogP contribution in [0, 0.1) is 0 Å². The first-order valence-electron chi connectivity index (χ1n) is 7.10. The predicted octanol–water partition coefficient (Wildman–Crippen LogP) is 3.48. The van der Waals surface area contributed by atoms with Gasteiger partial charge in [0.25, 0.3) is 11.8 Å². The van der Waals surface area contributed by atoms with Crippen LogP contribution in [0.2, 0.25) is 5.02 Å². The molecule has 112 valence electrons. The van der Waals surface area contributed by atoms with Crippen LogP contribution >= 0.6 is 11.6 Å². The maximum atomic E-state index is 12.1. The van der Waals surface area contributed by atoms with Crippen LogP contribution in [0.3, 0.4) is 0 Å². The standard InChI is InChI=1S/C17H15ClN2O2/c18-13-6-4-11(5-7-13)16(21)20-15-3-1-2-12(10-15)17(22)19-14-8-9-14/h1-7,10,14H,8-9H2,(H,19,22)(H,20,21). The molecule has 0 bridgehead atoms. The van der Waals surface area contributed by atoms with Crippen LogP contribution in [0.15, 0.2) is 48.5 Å². The number of hydrogen-bond acceptors (Lipinski definition) is 2. The van der Waals surface area contributed by atoms with E-state index in [2.05, 4.69) is 10.6 Å². The Balaban J connectivity index is 1.70. The average Bonchev–Trinajstić information content (AvgIpc) is 3.32. The molecule has 3 rings (SSSR count). The van der Waals surface area contributed by atoms with E-state index in [1.807, 2.05) is 0 Å². The molecule has 0 aromatic heterocycles. The third kappa shape index (κ3) is 3.65. The van der Waals surface area contributed by atoms with Gasteiger partial charge < -0.3 is 10.6 Å². The number of nitrogens with one attached hydrogen (secondary N) is 2. The van der Waals surface area contributed by atoms with Crippen LogP contribution in [0.5, 0.6) is 0 Å². The van der Waals surface area contributed by atoms with E-state index < -0.39 is 0 Å². The second-order valence-corrected chi connectivity index (χ2v) is 5.73. The first kappa shape index (κ1) is 14.6. The van der Waals surface area contributed by atoms with Gasteiger partial charge in [-0.3, -0.25) is 9.59 Å². The highest BCUT2D eigenvalue weighted by atomic mass is 35.5. The molecule has 0 radical (unpaired) electrons. The Labute approximate surface area is 133 Å². The van der Waals surface area contributed by atoms with Crippen molar-refractivity contribution in [3.8, 4) is 0 Å². The van der Waals surface area contributed by atoms with Crippen molar-refractivity contribution >= 4 is 29.1 Å². The SMILES string of the molecule is O=C(Nc1cccc(C(=O)NC2CC2)c1)c1ccc(Cl)cc1. The van der Waals surface area contributed by atoms with Gasteiger partial charge in [0.05, 0.1) is 0 Å². The highest BCUT2D eigenvalue weighted by Gasteiger charge is 2.23. The number of rotatable bonds is 4. The van der Waals surface area contributed by atoms with E-state index in [9.17, 15) is 9.59 Å². The lowest BCUT2D eigenvalue weighted by Gasteiger charge is -2.08. The van der Waals surface area contributed by atoms with Crippen molar-refractivity contribution in [1.29, 1.82) is 0 Å². The maximum Gasteiger partial charge on any atom is 0.255 e. The number of benzene rings is 2. The monoisotopic (exact) mass is 314 g/mol. The molecule has 1 aliphatic rings. The third-order valence-corrected chi connectivity index (χ3v) is 3.65. The van der Waals surface area contributed by atoms with Crippen LogP contribution < -0.4 is 10.6 Å². The Bertz CT molecular complexity index is 709. The summed E-state index contributed by atoms with van der Waals surface area (Å²) >= 11 is 5.80. The van der Waals surface area contributed by atoms with Gasteiger partial charge in [-0.25, -0.2) is 0 Å². The van der Waals surface area contributed by atoms with Crippen LogP contribution in [-0.2, 0) is 0 Å². The number of amides is 2. The topological polar surface area (TPSA) is 58.2 Å². The molecule has 0 saturated heterocycles. The van der Waals surface area contributed by atoms with Crippen molar-refractivity contribution in [1.82, 2.24) is 5.32 Å². The number of halogens is 1. The second-order valence-electron chi connectivity index (χ2n) is 5.29. The zero-order valence-electron chi connectivity index (χ0n) is 11.8. The van der Waals surface area contributed by atoms with Crippen molar-refractivity contribution in [3.63, 3.8) is 0 Å². The van der Waals surface area contributed by atoms with Gasteiger partial charge in [0.15, 0.2) is 0 Å². The summed E-state index contributed by atoms with van der Waals surface area (Å²) in [6, 6.07) is 13.8. The first-order chi connectivity index (χ1) is 10.6. The molecule has 0 aliphatic heterocycles. The molecule has 1 saturated carbocycles. The Morgan fingerprint density at radius 3 is 2.36 bits per heavy atom. The molecular formula is C17H15ClN2O2. The lowest BCUT2D eigenvalue weighted by molar-refractivity contribution is 0.0949. The predicted molar refractivity (Wildman–Crippen MR) is 86.3 cm³/mol. The number of anilines is 1. The molecule has 2 amide bonds. The van der Waals surface area contributed by atoms with Crippen molar-refractivity contribution in [3.05, 3.63) is 64.7 Å². The van der Waals surface area contributed by atoms with Crippen LogP contribution in [0.25, 0.3) is 0 Å². The first-order valence-corrected chi connectivity index (χ1v) is 7.47. The Hall–Kier alpha value is -2.33. The van der Waals surface area contributed by atoms with Crippen LogP contribution in [-0.4, -0.2) is 17.9 Å². The number of carbonyl (C=O) groups excluding carboxylic acids is 2. The summed E-state index contributed by atoms with van der Waals surface area (Å²) in [5.41, 5.74) is 1.64. The van der Waals surface area contributed by atoms with E-state index in [4.69, 9.17) is 11.6 Å². The van der Waals surface area contributed by atoms with Crippen molar-refractivity contribution in [2.24, 2.45) is 0 Å². The minimum absolute atomic E-state index is 0.106. The van der Waals surface area contributed by atoms with E-state index in [1.54, 1.807) is 48.5 Å². The van der Waals surface area contributed by atoms with Crippen LogP contribution in [0.1, 0.15) is 33.6 Å². The van der Waals surface area contributed by atoms with E-state index in [1.165, 1.54) is 0 Å². The molecule has 0 unspecified atom stereocenters. The van der Waals surface area contributed by atoms with Gasteiger partial charge in [0, 0.05) is 27.9 Å². The van der Waals surface area contributed by atoms with Gasteiger partial charge >= 0.3 is 0 Å². The summed E-state index contributed by atoms with van der Waals surface area (Å²) < 4.78 is 0. The summed E-state index contributed by atoms with van der Waals surface area (Å²) in [4.78, 5) is 24.1. The molecule has 2 aromatic carbocycles. The normalized spacial score (nSPS) is 13.5. The van der Waals surface area contributed by atoms with E-state index in [0.29, 0.717) is 27.9 Å². The van der Waals surface area contributed by atoms with E-state index in [0.717, 1.165) is 12.8 Å². The van der Waals surface area contributed by atoms with E-state index >= 15 is 0 Å². The Morgan fingerprint density at radius 1 is 0.955 bits per heavy atom. The molecule has 0 atom stereocenters. The molecular weight excluding hydrogens is 300 g/mol. The fraction of sp³-hybridized carbons (Fsp3) is 0.176. The Kier molecular flexibility index (Phi) is 4.11. The summed E-state index contributed by atoms with van der Waals surface area (Å²) in [6.45, 7) is 0. The molecule has 1 fully saturated rings. The summed E-state index contributed by atoms with van der Waals surface area (Å²) in [5, 5.41) is 6.28. The van der Waals surface area contributed by atoms with Gasteiger partial charge in [-0.05, 0) is 55.3 Å². The summed E-state index contributed by atoms with van der Waals surface area (Å²) in [5.74, 6) is -0.346. The smallest absolute Gasteiger partial charge is 0.255 e. The quantitative estimate of drug-likeness (QED) is 0.907. The van der Waals surface area contributed by atoms with Crippen molar-refractivity contribution in [2.45, 2.75) is 18.9 Å². The average molecular weight is 315 g/mol. The lowest BCUT2D eigenvalue weighted by Crippen LogP contribution is -2.25. The fourth-order valence-corrected chi connectivity index (χ4v) is 2.17. The summed E-state index contributed by atoms with van der Waals surface area (Å²) in [6.07, 6.45) is 2.08. The summed E-state index contributed by atoms with van der Waals surface area (Å²) in [7, 11) is 0. The largest absolute Gasteiger partial charge is 0.349 e. The maximum absolute atomic E-state index is 12.1. The highest BCUT2D eigenvalue weighted by Crippen LogP contribution is 2.20. The highest BCUT2D eigenvalue weighted by molar-refractivity contribution is 6.30. The van der Waals surface area contributed by atoms with Gasteiger partial charge in [0.1, 0.15) is 0 Å². The molecule has 2 N–H and O–H groups in total. The van der Waals surface area contributed by atoms with Crippen molar-refractivity contribution in [2.75, 3.05) is 5.32 Å². The zero-order valence-corrected chi connectivity index (χ0v) is 12.6. The van der Waals surface area contributed by atoms with Crippen LogP contribution in [0.4, 0.5) is 5.69 Å². The minimum atomic E-state index is -0.239. The minimum Gasteiger partial charge on any atom is -0.349 e. The molecule has 0 heterocycles. The van der Waals surface area contributed by atoms with Gasteiger partial charge in [0.2, 0.25) is 0 Å². The third-order valence-electron chi connectivity index (χ3n) is 3.40. The van der Waals surface area contributed by atoms with E-state index in [-0.39, 0.29) is 11.8 Å². The molecule has 4 nitrogen and oxygen atoms in total. The molecule has 5 heteroatoms. The molecule has 1 aliphatic carbocycles. The lowest BCUT2D eigenvalue weighted by atomic mass is 10.1. The fourth-order valence-electron chi connectivity index (χ4n) is 2.04. The number of hydrogen-bond donors (Lipinski definition) is 2. The second kappa shape index (κ2) is 6.20. The Morgan fingerprint density at radius 2 is 1.68 bits per heavy atom.